The van der Waals surface area contributed by atoms with E-state index in [9.17, 15) is 13.2 Å². The van der Waals surface area contributed by atoms with E-state index < -0.39 is 15.1 Å². The van der Waals surface area contributed by atoms with Crippen molar-refractivity contribution in [2.24, 2.45) is 0 Å². The topological polar surface area (TPSA) is 81.7 Å². The van der Waals surface area contributed by atoms with Gasteiger partial charge in [0.25, 0.3) is 5.91 Å². The zero-order valence-electron chi connectivity index (χ0n) is 16.0. The predicted octanol–water partition coefficient (Wildman–Crippen LogP) is 2.86. The van der Waals surface area contributed by atoms with Gasteiger partial charge in [-0.25, -0.2) is 8.42 Å². The summed E-state index contributed by atoms with van der Waals surface area (Å²) in [5.41, 5.74) is 1.43. The molecule has 0 spiro atoms. The normalized spacial score (nSPS) is 11.3. The largest absolute Gasteiger partial charge is 0.493 e. The fraction of sp³-hybridized carbons (Fsp3) is 0.350. The van der Waals surface area contributed by atoms with Crippen molar-refractivity contribution in [2.45, 2.75) is 30.4 Å². The van der Waals surface area contributed by atoms with Gasteiger partial charge in [0.2, 0.25) is 0 Å². The molecular formula is C20H25NO5S. The van der Waals surface area contributed by atoms with Crippen LogP contribution in [0.4, 0.5) is 0 Å². The second kappa shape index (κ2) is 8.90. The van der Waals surface area contributed by atoms with Crippen LogP contribution in [0, 0.1) is 0 Å². The van der Waals surface area contributed by atoms with Crippen molar-refractivity contribution in [1.82, 2.24) is 5.32 Å². The van der Waals surface area contributed by atoms with Gasteiger partial charge in [0, 0.05) is 12.1 Å². The van der Waals surface area contributed by atoms with E-state index in [1.807, 2.05) is 18.2 Å². The number of rotatable bonds is 8. The molecule has 1 amide bonds. The number of benzene rings is 2. The number of methoxy groups -OCH3 is 2. The first-order chi connectivity index (χ1) is 12.8. The summed E-state index contributed by atoms with van der Waals surface area (Å²) >= 11 is 0. The van der Waals surface area contributed by atoms with Crippen LogP contribution in [0.1, 0.15) is 29.8 Å². The second-order valence-electron chi connectivity index (χ2n) is 6.31. The Morgan fingerprint density at radius 1 is 1.00 bits per heavy atom. The Morgan fingerprint density at radius 3 is 2.19 bits per heavy atom. The van der Waals surface area contributed by atoms with Gasteiger partial charge in [-0.15, -0.1) is 0 Å². The lowest BCUT2D eigenvalue weighted by Crippen LogP contribution is -2.25. The lowest BCUT2D eigenvalue weighted by Gasteiger charge is -2.11. The highest BCUT2D eigenvalue weighted by molar-refractivity contribution is 7.92. The number of carbonyl (C=O) groups is 1. The molecule has 2 aromatic carbocycles. The summed E-state index contributed by atoms with van der Waals surface area (Å²) in [6.45, 7) is 3.70. The Morgan fingerprint density at radius 2 is 1.63 bits per heavy atom. The number of carbonyl (C=O) groups excluding carboxylic acids is 1. The summed E-state index contributed by atoms with van der Waals surface area (Å²) in [5, 5.41) is 2.33. The number of sulfone groups is 1. The molecule has 0 saturated heterocycles. The summed E-state index contributed by atoms with van der Waals surface area (Å²) in [6, 6.07) is 11.6. The van der Waals surface area contributed by atoms with Crippen LogP contribution in [0.25, 0.3) is 0 Å². The molecule has 0 aliphatic carbocycles. The number of ether oxygens (including phenoxy) is 2. The maximum absolute atomic E-state index is 12.2. The van der Waals surface area contributed by atoms with Gasteiger partial charge in [-0.05, 0) is 62.2 Å². The molecule has 1 N–H and O–H groups in total. The molecule has 146 valence electrons. The van der Waals surface area contributed by atoms with Crippen LogP contribution in [0.2, 0.25) is 0 Å². The zero-order valence-corrected chi connectivity index (χ0v) is 16.8. The van der Waals surface area contributed by atoms with Crippen molar-refractivity contribution in [3.63, 3.8) is 0 Å². The maximum Gasteiger partial charge on any atom is 0.251 e. The van der Waals surface area contributed by atoms with Crippen molar-refractivity contribution in [3.8, 4) is 11.5 Å². The first kappa shape index (κ1) is 20.8. The Bertz CT molecular complexity index is 889. The molecule has 0 atom stereocenters. The third-order valence-electron chi connectivity index (χ3n) is 4.21. The molecule has 0 fully saturated rings. The highest BCUT2D eigenvalue weighted by Crippen LogP contribution is 2.27. The fourth-order valence-corrected chi connectivity index (χ4v) is 3.59. The number of hydrogen-bond donors (Lipinski definition) is 1. The lowest BCUT2D eigenvalue weighted by molar-refractivity contribution is 0.0954. The first-order valence-electron chi connectivity index (χ1n) is 8.62. The molecule has 27 heavy (non-hydrogen) atoms. The Labute approximate surface area is 160 Å². The molecule has 0 aliphatic heterocycles. The van der Waals surface area contributed by atoms with E-state index in [-0.39, 0.29) is 10.8 Å². The predicted molar refractivity (Wildman–Crippen MR) is 104 cm³/mol. The third-order valence-corrected chi connectivity index (χ3v) is 6.38. The van der Waals surface area contributed by atoms with E-state index in [1.165, 1.54) is 24.3 Å². The maximum atomic E-state index is 12.2. The second-order valence-corrected chi connectivity index (χ2v) is 8.82. The third kappa shape index (κ3) is 5.01. The lowest BCUT2D eigenvalue weighted by atomic mass is 10.1. The first-order valence-corrected chi connectivity index (χ1v) is 10.2. The Kier molecular flexibility index (Phi) is 6.85. The van der Waals surface area contributed by atoms with Gasteiger partial charge in [-0.3, -0.25) is 4.79 Å². The van der Waals surface area contributed by atoms with Gasteiger partial charge in [0.15, 0.2) is 21.3 Å². The van der Waals surface area contributed by atoms with Gasteiger partial charge in [-0.2, -0.15) is 0 Å². The minimum atomic E-state index is -3.34. The van der Waals surface area contributed by atoms with Crippen LogP contribution in [-0.2, 0) is 16.3 Å². The molecular weight excluding hydrogens is 366 g/mol. The smallest absolute Gasteiger partial charge is 0.251 e. The van der Waals surface area contributed by atoms with Crippen LogP contribution in [0.3, 0.4) is 0 Å². The molecule has 0 aromatic heterocycles. The fourth-order valence-electron chi connectivity index (χ4n) is 2.53. The van der Waals surface area contributed by atoms with E-state index in [2.05, 4.69) is 5.32 Å². The molecule has 0 heterocycles. The monoisotopic (exact) mass is 391 g/mol. The van der Waals surface area contributed by atoms with Crippen molar-refractivity contribution < 1.29 is 22.7 Å². The van der Waals surface area contributed by atoms with E-state index in [0.717, 1.165) is 5.56 Å². The number of nitrogens with one attached hydrogen (secondary N) is 1. The molecule has 0 aliphatic rings. The van der Waals surface area contributed by atoms with E-state index in [1.54, 1.807) is 28.1 Å². The van der Waals surface area contributed by atoms with E-state index in [0.29, 0.717) is 30.0 Å². The SMILES string of the molecule is COc1ccc(CCNC(=O)c2ccc(S(=O)(=O)C(C)C)cc2)cc1OC. The minimum absolute atomic E-state index is 0.222. The van der Waals surface area contributed by atoms with Gasteiger partial charge in [-0.1, -0.05) is 6.07 Å². The van der Waals surface area contributed by atoms with Crippen molar-refractivity contribution >= 4 is 15.7 Å². The van der Waals surface area contributed by atoms with Crippen LogP contribution in [0.15, 0.2) is 47.4 Å². The molecule has 7 heteroatoms. The summed E-state index contributed by atoms with van der Waals surface area (Å²) in [4.78, 5) is 12.5. The highest BCUT2D eigenvalue weighted by atomic mass is 32.2. The molecule has 0 saturated carbocycles. The Balaban J connectivity index is 1.96. The summed E-state index contributed by atoms with van der Waals surface area (Å²) in [6.07, 6.45) is 0.631. The van der Waals surface area contributed by atoms with E-state index in [4.69, 9.17) is 9.47 Å². The van der Waals surface area contributed by atoms with Crippen molar-refractivity contribution in [3.05, 3.63) is 53.6 Å². The van der Waals surface area contributed by atoms with Crippen LogP contribution in [0.5, 0.6) is 11.5 Å². The number of hydrogen-bond acceptors (Lipinski definition) is 5. The quantitative estimate of drug-likeness (QED) is 0.748. The standard InChI is InChI=1S/C20H25NO5S/c1-14(2)27(23,24)17-8-6-16(7-9-17)20(22)21-12-11-15-5-10-18(25-3)19(13-15)26-4/h5-10,13-14H,11-12H2,1-4H3,(H,21,22). The van der Waals surface area contributed by atoms with Crippen LogP contribution >= 0.6 is 0 Å². The highest BCUT2D eigenvalue weighted by Gasteiger charge is 2.19. The average molecular weight is 391 g/mol. The van der Waals surface area contributed by atoms with Gasteiger partial charge >= 0.3 is 0 Å². The molecule has 6 nitrogen and oxygen atoms in total. The van der Waals surface area contributed by atoms with Crippen LogP contribution < -0.4 is 14.8 Å². The van der Waals surface area contributed by atoms with Gasteiger partial charge in [0.05, 0.1) is 24.4 Å². The number of amides is 1. The summed E-state index contributed by atoms with van der Waals surface area (Å²) < 4.78 is 34.7. The van der Waals surface area contributed by atoms with Crippen molar-refractivity contribution in [2.75, 3.05) is 20.8 Å². The molecule has 0 bridgehead atoms. The summed E-state index contributed by atoms with van der Waals surface area (Å²) in [7, 11) is -0.184. The van der Waals surface area contributed by atoms with E-state index >= 15 is 0 Å². The van der Waals surface area contributed by atoms with Gasteiger partial charge < -0.3 is 14.8 Å². The Hall–Kier alpha value is -2.54. The average Bonchev–Trinajstić information content (AvgIpc) is 2.67. The van der Waals surface area contributed by atoms with Gasteiger partial charge in [0.1, 0.15) is 0 Å². The molecule has 0 unspecified atom stereocenters. The molecule has 2 aromatic rings. The molecule has 2 rings (SSSR count). The zero-order chi connectivity index (χ0) is 20.0. The molecule has 0 radical (unpaired) electrons. The van der Waals surface area contributed by atoms with Crippen LogP contribution in [-0.4, -0.2) is 40.3 Å². The van der Waals surface area contributed by atoms with Crippen molar-refractivity contribution in [1.29, 1.82) is 0 Å². The minimum Gasteiger partial charge on any atom is -0.493 e. The summed E-state index contributed by atoms with van der Waals surface area (Å²) in [5.74, 6) is 1.05.